The van der Waals surface area contributed by atoms with E-state index in [2.05, 4.69) is 19.2 Å². The van der Waals surface area contributed by atoms with E-state index in [1.54, 1.807) is 0 Å². The summed E-state index contributed by atoms with van der Waals surface area (Å²) in [7, 11) is 0. The second kappa shape index (κ2) is 4.42. The number of carbonyl (C=O) groups is 1. The summed E-state index contributed by atoms with van der Waals surface area (Å²) in [5, 5.41) is 3.11. The van der Waals surface area contributed by atoms with E-state index in [1.807, 2.05) is 4.90 Å². The zero-order chi connectivity index (χ0) is 10.8. The Morgan fingerprint density at radius 2 is 1.80 bits per heavy atom. The number of rotatable bonds is 1. The largest absolute Gasteiger partial charge is 0.335 e. The summed E-state index contributed by atoms with van der Waals surface area (Å²) in [6, 6.07) is 0.628. The summed E-state index contributed by atoms with van der Waals surface area (Å²) < 4.78 is 0. The fourth-order valence-electron chi connectivity index (χ4n) is 2.65. The van der Waals surface area contributed by atoms with Crippen molar-refractivity contribution in [3.8, 4) is 0 Å². The lowest BCUT2D eigenvalue weighted by Crippen LogP contribution is -2.51. The number of carbonyl (C=O) groups excluding carboxylic acids is 1. The molecule has 0 aromatic heterocycles. The van der Waals surface area contributed by atoms with Crippen molar-refractivity contribution in [3.63, 3.8) is 0 Å². The number of nitrogens with zero attached hydrogens (tertiary/aromatic N) is 1. The third-order valence-electron chi connectivity index (χ3n) is 3.59. The monoisotopic (exact) mass is 210 g/mol. The molecule has 2 atom stereocenters. The standard InChI is InChI=1S/C12H22N2O/c1-9-6-10(2)8-14(7-9)12(15)13-11-4-3-5-11/h9-11H,3-8H2,1-2H3,(H,13,15). The molecule has 3 nitrogen and oxygen atoms in total. The molecule has 1 heterocycles. The molecule has 0 aromatic carbocycles. The van der Waals surface area contributed by atoms with Crippen LogP contribution in [-0.2, 0) is 0 Å². The van der Waals surface area contributed by atoms with E-state index >= 15 is 0 Å². The van der Waals surface area contributed by atoms with Gasteiger partial charge in [-0.15, -0.1) is 0 Å². The van der Waals surface area contributed by atoms with Crippen molar-refractivity contribution < 1.29 is 4.79 Å². The number of urea groups is 1. The molecule has 0 bridgehead atoms. The Morgan fingerprint density at radius 3 is 2.27 bits per heavy atom. The fourth-order valence-corrected chi connectivity index (χ4v) is 2.65. The minimum absolute atomic E-state index is 0.165. The minimum Gasteiger partial charge on any atom is -0.335 e. The number of hydrogen-bond acceptors (Lipinski definition) is 1. The molecule has 1 N–H and O–H groups in total. The molecule has 1 aliphatic heterocycles. The van der Waals surface area contributed by atoms with E-state index in [1.165, 1.54) is 25.7 Å². The van der Waals surface area contributed by atoms with Crippen molar-refractivity contribution in [3.05, 3.63) is 0 Å². The van der Waals surface area contributed by atoms with E-state index in [9.17, 15) is 4.79 Å². The Hall–Kier alpha value is -0.730. The summed E-state index contributed by atoms with van der Waals surface area (Å²) in [6.07, 6.45) is 4.88. The summed E-state index contributed by atoms with van der Waals surface area (Å²) in [4.78, 5) is 13.9. The molecule has 86 valence electrons. The second-order valence-corrected chi connectivity index (χ2v) is 5.43. The molecule has 1 saturated carbocycles. The zero-order valence-corrected chi connectivity index (χ0v) is 9.83. The van der Waals surface area contributed by atoms with Crippen LogP contribution in [0.4, 0.5) is 4.79 Å². The molecule has 2 aliphatic rings. The Bertz CT molecular complexity index is 228. The zero-order valence-electron chi connectivity index (χ0n) is 9.83. The van der Waals surface area contributed by atoms with Crippen LogP contribution in [0.2, 0.25) is 0 Å². The van der Waals surface area contributed by atoms with Crippen molar-refractivity contribution in [2.75, 3.05) is 13.1 Å². The van der Waals surface area contributed by atoms with E-state index < -0.39 is 0 Å². The molecule has 15 heavy (non-hydrogen) atoms. The van der Waals surface area contributed by atoms with Gasteiger partial charge >= 0.3 is 6.03 Å². The quantitative estimate of drug-likeness (QED) is 0.707. The summed E-state index contributed by atoms with van der Waals surface area (Å²) in [5.41, 5.74) is 0. The summed E-state index contributed by atoms with van der Waals surface area (Å²) >= 11 is 0. The van der Waals surface area contributed by atoms with E-state index in [4.69, 9.17) is 0 Å². The first-order chi connectivity index (χ1) is 7.15. The van der Waals surface area contributed by atoms with Crippen molar-refractivity contribution in [1.29, 1.82) is 0 Å². The van der Waals surface area contributed by atoms with Crippen LogP contribution in [0.15, 0.2) is 0 Å². The van der Waals surface area contributed by atoms with Gasteiger partial charge in [-0.3, -0.25) is 0 Å². The van der Waals surface area contributed by atoms with E-state index in [0.29, 0.717) is 17.9 Å². The van der Waals surface area contributed by atoms with Crippen molar-refractivity contribution in [2.24, 2.45) is 11.8 Å². The van der Waals surface area contributed by atoms with Crippen LogP contribution >= 0.6 is 0 Å². The molecular weight excluding hydrogens is 188 g/mol. The second-order valence-electron chi connectivity index (χ2n) is 5.43. The maximum atomic E-state index is 11.9. The highest BCUT2D eigenvalue weighted by atomic mass is 16.2. The van der Waals surface area contributed by atoms with Crippen LogP contribution in [-0.4, -0.2) is 30.1 Å². The third kappa shape index (κ3) is 2.64. The number of nitrogens with one attached hydrogen (secondary N) is 1. The third-order valence-corrected chi connectivity index (χ3v) is 3.59. The van der Waals surface area contributed by atoms with E-state index in [0.717, 1.165) is 13.1 Å². The fraction of sp³-hybridized carbons (Fsp3) is 0.917. The first-order valence-electron chi connectivity index (χ1n) is 6.20. The Morgan fingerprint density at radius 1 is 1.20 bits per heavy atom. The van der Waals surface area contributed by atoms with Gasteiger partial charge in [0.25, 0.3) is 0 Å². The van der Waals surface area contributed by atoms with Crippen molar-refractivity contribution >= 4 is 6.03 Å². The SMILES string of the molecule is CC1CC(C)CN(C(=O)NC2CCC2)C1. The van der Waals surface area contributed by atoms with Gasteiger partial charge in [-0.25, -0.2) is 4.79 Å². The molecule has 1 aliphatic carbocycles. The molecule has 2 amide bonds. The van der Waals surface area contributed by atoms with Gasteiger partial charge in [-0.1, -0.05) is 13.8 Å². The van der Waals surface area contributed by atoms with Gasteiger partial charge in [0.1, 0.15) is 0 Å². The van der Waals surface area contributed by atoms with Crippen molar-refractivity contribution in [2.45, 2.75) is 45.6 Å². The average Bonchev–Trinajstić information content (AvgIpc) is 2.09. The maximum absolute atomic E-state index is 11.9. The minimum atomic E-state index is 0.165. The van der Waals surface area contributed by atoms with Crippen LogP contribution in [0, 0.1) is 11.8 Å². The smallest absolute Gasteiger partial charge is 0.317 e. The highest BCUT2D eigenvalue weighted by Crippen LogP contribution is 2.22. The van der Waals surface area contributed by atoms with Gasteiger partial charge in [0.15, 0.2) is 0 Å². The van der Waals surface area contributed by atoms with Crippen LogP contribution in [0.1, 0.15) is 39.5 Å². The number of piperidine rings is 1. The molecule has 3 heteroatoms. The van der Waals surface area contributed by atoms with Crippen LogP contribution in [0.5, 0.6) is 0 Å². The van der Waals surface area contributed by atoms with Crippen LogP contribution in [0.3, 0.4) is 0 Å². The first kappa shape index (κ1) is 10.8. The topological polar surface area (TPSA) is 32.3 Å². The molecule has 1 saturated heterocycles. The van der Waals surface area contributed by atoms with Crippen LogP contribution in [0.25, 0.3) is 0 Å². The molecule has 2 rings (SSSR count). The van der Waals surface area contributed by atoms with Gasteiger partial charge < -0.3 is 10.2 Å². The molecule has 2 unspecified atom stereocenters. The first-order valence-corrected chi connectivity index (χ1v) is 6.20. The molecule has 0 spiro atoms. The lowest BCUT2D eigenvalue weighted by atomic mass is 9.91. The molecule has 2 fully saturated rings. The highest BCUT2D eigenvalue weighted by Gasteiger charge is 2.27. The Kier molecular flexibility index (Phi) is 3.17. The van der Waals surface area contributed by atoms with Gasteiger partial charge in [-0.05, 0) is 37.5 Å². The number of amides is 2. The number of hydrogen-bond donors (Lipinski definition) is 1. The number of likely N-dealkylation sites (tertiary alicyclic amines) is 1. The summed E-state index contributed by atoms with van der Waals surface area (Å²) in [6.45, 7) is 6.34. The normalized spacial score (nSPS) is 32.3. The lowest BCUT2D eigenvalue weighted by Gasteiger charge is -2.37. The predicted molar refractivity (Wildman–Crippen MR) is 60.7 cm³/mol. The lowest BCUT2D eigenvalue weighted by molar-refractivity contribution is 0.139. The average molecular weight is 210 g/mol. The summed E-state index contributed by atoms with van der Waals surface area (Å²) in [5.74, 6) is 1.31. The van der Waals surface area contributed by atoms with Crippen LogP contribution < -0.4 is 5.32 Å². The Labute approximate surface area is 92.2 Å². The van der Waals surface area contributed by atoms with Gasteiger partial charge in [0.05, 0.1) is 0 Å². The Balaban J connectivity index is 1.82. The molecular formula is C12H22N2O. The van der Waals surface area contributed by atoms with Gasteiger partial charge in [0, 0.05) is 19.1 Å². The van der Waals surface area contributed by atoms with Crippen molar-refractivity contribution in [1.82, 2.24) is 10.2 Å². The maximum Gasteiger partial charge on any atom is 0.317 e. The molecule has 0 radical (unpaired) electrons. The van der Waals surface area contributed by atoms with E-state index in [-0.39, 0.29) is 6.03 Å². The highest BCUT2D eigenvalue weighted by molar-refractivity contribution is 5.74. The van der Waals surface area contributed by atoms with Gasteiger partial charge in [-0.2, -0.15) is 0 Å². The molecule has 0 aromatic rings. The predicted octanol–water partition coefficient (Wildman–Crippen LogP) is 2.23. The van der Waals surface area contributed by atoms with Gasteiger partial charge in [0.2, 0.25) is 0 Å².